The molecule has 1 aromatic heterocycles. The third-order valence-electron chi connectivity index (χ3n) is 3.42. The molecule has 1 unspecified atom stereocenters. The summed E-state index contributed by atoms with van der Waals surface area (Å²) < 4.78 is 21.0. The molecule has 0 amide bonds. The fourth-order valence-corrected chi connectivity index (χ4v) is 2.43. The average Bonchev–Trinajstić information content (AvgIpc) is 2.81. The van der Waals surface area contributed by atoms with Crippen LogP contribution in [0.4, 0.5) is 4.39 Å². The molecular weight excluding hydrogens is 250 g/mol. The molecule has 1 saturated heterocycles. The molecule has 0 aliphatic carbocycles. The van der Waals surface area contributed by atoms with E-state index in [2.05, 4.69) is 5.10 Å². The number of rotatable bonds is 2. The van der Waals surface area contributed by atoms with E-state index >= 15 is 0 Å². The van der Waals surface area contributed by atoms with Crippen molar-refractivity contribution in [2.75, 3.05) is 6.61 Å². The van der Waals surface area contributed by atoms with E-state index < -0.39 is 12.9 Å². The molecule has 1 aliphatic heterocycles. The van der Waals surface area contributed by atoms with Gasteiger partial charge in [-0.1, -0.05) is 0 Å². The summed E-state index contributed by atoms with van der Waals surface area (Å²) in [4.78, 5) is 0. The zero-order chi connectivity index (χ0) is 13.4. The SMILES string of the molecule is OB(O)c1cc2c(cnn2C2CCCCO2)cc1F. The number of benzene rings is 1. The lowest BCUT2D eigenvalue weighted by Crippen LogP contribution is -2.33. The first kappa shape index (κ1) is 12.6. The number of hydrogen-bond donors (Lipinski definition) is 2. The zero-order valence-corrected chi connectivity index (χ0v) is 10.3. The Kier molecular flexibility index (Phi) is 3.26. The lowest BCUT2D eigenvalue weighted by molar-refractivity contribution is -0.0366. The van der Waals surface area contributed by atoms with E-state index in [-0.39, 0.29) is 11.7 Å². The molecule has 0 saturated carbocycles. The predicted molar refractivity (Wildman–Crippen MR) is 68.4 cm³/mol. The Labute approximate surface area is 109 Å². The fraction of sp³-hybridized carbons (Fsp3) is 0.417. The maximum Gasteiger partial charge on any atom is 0.491 e. The quantitative estimate of drug-likeness (QED) is 0.777. The first-order chi connectivity index (χ1) is 9.16. The van der Waals surface area contributed by atoms with Gasteiger partial charge in [-0.15, -0.1) is 0 Å². The van der Waals surface area contributed by atoms with E-state index in [0.717, 1.165) is 19.3 Å². The molecule has 0 bridgehead atoms. The Morgan fingerprint density at radius 3 is 2.89 bits per heavy atom. The van der Waals surface area contributed by atoms with Crippen LogP contribution in [-0.2, 0) is 4.74 Å². The molecule has 19 heavy (non-hydrogen) atoms. The van der Waals surface area contributed by atoms with Crippen LogP contribution in [0, 0.1) is 5.82 Å². The van der Waals surface area contributed by atoms with Crippen molar-refractivity contribution in [3.63, 3.8) is 0 Å². The highest BCUT2D eigenvalue weighted by molar-refractivity contribution is 6.59. The molecule has 1 fully saturated rings. The van der Waals surface area contributed by atoms with Crippen molar-refractivity contribution in [1.82, 2.24) is 9.78 Å². The zero-order valence-electron chi connectivity index (χ0n) is 10.3. The highest BCUT2D eigenvalue weighted by Crippen LogP contribution is 2.26. The Bertz CT molecular complexity index is 596. The Balaban J connectivity index is 2.08. The number of ether oxygens (including phenoxy) is 1. The number of hydrogen-bond acceptors (Lipinski definition) is 4. The minimum Gasteiger partial charge on any atom is -0.423 e. The van der Waals surface area contributed by atoms with Gasteiger partial charge in [0.25, 0.3) is 0 Å². The first-order valence-corrected chi connectivity index (χ1v) is 6.31. The molecule has 1 aliphatic rings. The van der Waals surface area contributed by atoms with Crippen LogP contribution in [0.15, 0.2) is 18.3 Å². The van der Waals surface area contributed by atoms with Crippen LogP contribution >= 0.6 is 0 Å². The van der Waals surface area contributed by atoms with Crippen molar-refractivity contribution in [3.05, 3.63) is 24.1 Å². The largest absolute Gasteiger partial charge is 0.491 e. The second kappa shape index (κ2) is 4.92. The second-order valence-corrected chi connectivity index (χ2v) is 4.72. The van der Waals surface area contributed by atoms with Gasteiger partial charge in [0.05, 0.1) is 11.7 Å². The van der Waals surface area contributed by atoms with Gasteiger partial charge in [0, 0.05) is 17.5 Å². The molecule has 1 atom stereocenters. The van der Waals surface area contributed by atoms with Gasteiger partial charge in [-0.25, -0.2) is 9.07 Å². The van der Waals surface area contributed by atoms with Crippen LogP contribution in [-0.4, -0.2) is 33.6 Å². The van der Waals surface area contributed by atoms with Crippen LogP contribution in [0.1, 0.15) is 25.5 Å². The van der Waals surface area contributed by atoms with Gasteiger partial charge in [0.1, 0.15) is 5.82 Å². The van der Waals surface area contributed by atoms with Gasteiger partial charge in [0.15, 0.2) is 6.23 Å². The summed E-state index contributed by atoms with van der Waals surface area (Å²) in [5.41, 5.74) is 0.501. The van der Waals surface area contributed by atoms with Crippen LogP contribution in [0.3, 0.4) is 0 Å². The Morgan fingerprint density at radius 2 is 2.21 bits per heavy atom. The Morgan fingerprint density at radius 1 is 1.37 bits per heavy atom. The van der Waals surface area contributed by atoms with Gasteiger partial charge in [-0.3, -0.25) is 0 Å². The highest BCUT2D eigenvalue weighted by atomic mass is 19.1. The van der Waals surface area contributed by atoms with Gasteiger partial charge in [0.2, 0.25) is 0 Å². The molecule has 0 spiro atoms. The summed E-state index contributed by atoms with van der Waals surface area (Å²) in [5, 5.41) is 23.2. The van der Waals surface area contributed by atoms with E-state index in [1.54, 1.807) is 10.9 Å². The first-order valence-electron chi connectivity index (χ1n) is 6.31. The van der Waals surface area contributed by atoms with Crippen LogP contribution in [0.2, 0.25) is 0 Å². The summed E-state index contributed by atoms with van der Waals surface area (Å²) in [6.07, 6.45) is 4.34. The van der Waals surface area contributed by atoms with E-state index in [1.165, 1.54) is 12.1 Å². The van der Waals surface area contributed by atoms with Crippen molar-refractivity contribution in [1.29, 1.82) is 0 Å². The molecule has 7 heteroatoms. The molecule has 1 aromatic carbocycles. The lowest BCUT2D eigenvalue weighted by atomic mass is 9.79. The summed E-state index contributed by atoms with van der Waals surface area (Å²) in [5.74, 6) is -0.647. The predicted octanol–water partition coefficient (Wildman–Crippen LogP) is 0.554. The number of aromatic nitrogens is 2. The summed E-state index contributed by atoms with van der Waals surface area (Å²) in [6.45, 7) is 0.683. The van der Waals surface area contributed by atoms with Crippen molar-refractivity contribution >= 4 is 23.5 Å². The van der Waals surface area contributed by atoms with Gasteiger partial charge in [-0.2, -0.15) is 5.10 Å². The molecule has 0 radical (unpaired) electrons. The average molecular weight is 264 g/mol. The topological polar surface area (TPSA) is 67.5 Å². The second-order valence-electron chi connectivity index (χ2n) is 4.72. The van der Waals surface area contributed by atoms with Crippen LogP contribution in [0.25, 0.3) is 10.9 Å². The number of fused-ring (bicyclic) bond motifs is 1. The van der Waals surface area contributed by atoms with Gasteiger partial charge in [-0.05, 0) is 31.4 Å². The molecule has 2 aromatic rings. The maximum atomic E-state index is 13.6. The standard InChI is InChI=1S/C12H14BFN2O3/c14-10-5-8-7-15-16(12-3-1-2-4-19-12)11(8)6-9(10)13(17)18/h5-7,12,17-18H,1-4H2. The van der Waals surface area contributed by atoms with E-state index in [4.69, 9.17) is 14.8 Å². The molecule has 2 heterocycles. The van der Waals surface area contributed by atoms with Crippen molar-refractivity contribution in [2.24, 2.45) is 0 Å². The summed E-state index contributed by atoms with van der Waals surface area (Å²) in [6, 6.07) is 2.68. The van der Waals surface area contributed by atoms with Crippen LogP contribution < -0.4 is 5.46 Å². The lowest BCUT2D eigenvalue weighted by Gasteiger charge is -2.23. The van der Waals surface area contributed by atoms with E-state index in [1.807, 2.05) is 0 Å². The van der Waals surface area contributed by atoms with E-state index in [0.29, 0.717) is 17.5 Å². The molecule has 2 N–H and O–H groups in total. The third-order valence-corrected chi connectivity index (χ3v) is 3.42. The number of nitrogens with zero attached hydrogens (tertiary/aromatic N) is 2. The minimum absolute atomic E-state index is 0.148. The van der Waals surface area contributed by atoms with Gasteiger partial charge < -0.3 is 14.8 Å². The van der Waals surface area contributed by atoms with Crippen molar-refractivity contribution < 1.29 is 19.2 Å². The third kappa shape index (κ3) is 2.24. The van der Waals surface area contributed by atoms with Crippen LogP contribution in [0.5, 0.6) is 0 Å². The van der Waals surface area contributed by atoms with Crippen molar-refractivity contribution in [3.8, 4) is 0 Å². The van der Waals surface area contributed by atoms with Gasteiger partial charge >= 0.3 is 7.12 Å². The van der Waals surface area contributed by atoms with E-state index in [9.17, 15) is 4.39 Å². The summed E-state index contributed by atoms with van der Waals surface area (Å²) >= 11 is 0. The molecule has 5 nitrogen and oxygen atoms in total. The number of halogens is 1. The normalized spacial score (nSPS) is 19.8. The minimum atomic E-state index is -1.83. The summed E-state index contributed by atoms with van der Waals surface area (Å²) in [7, 11) is -1.83. The maximum absolute atomic E-state index is 13.6. The Hall–Kier alpha value is -1.44. The smallest absolute Gasteiger partial charge is 0.423 e. The molecular formula is C12H14BFN2O3. The molecule has 3 rings (SSSR count). The molecule has 100 valence electrons. The highest BCUT2D eigenvalue weighted by Gasteiger charge is 2.22. The monoisotopic (exact) mass is 264 g/mol. The fourth-order valence-electron chi connectivity index (χ4n) is 2.43. The van der Waals surface area contributed by atoms with Crippen molar-refractivity contribution in [2.45, 2.75) is 25.5 Å².